The van der Waals surface area contributed by atoms with E-state index in [1.165, 1.54) is 0 Å². The van der Waals surface area contributed by atoms with E-state index in [2.05, 4.69) is 0 Å². The molecule has 4 aliphatic carbocycles. The average molecular weight is 455 g/mol. The molecule has 7 heteroatoms. The molecule has 2 bridgehead atoms. The van der Waals surface area contributed by atoms with Crippen LogP contribution >= 0.6 is 0 Å². The van der Waals surface area contributed by atoms with Gasteiger partial charge in [-0.25, -0.2) is 0 Å². The number of ether oxygens (including phenoxy) is 1. The molecule has 0 aromatic rings. The minimum Gasteiger partial charge on any atom is -0.461 e. The van der Waals surface area contributed by atoms with Crippen LogP contribution < -0.4 is 0 Å². The third-order valence-electron chi connectivity index (χ3n) is 10.2. The Hall–Kier alpha value is -0.730. The number of carbonyl (C=O) groups is 1. The second-order valence-corrected chi connectivity index (χ2v) is 12.3. The zero-order chi connectivity index (χ0) is 23.9. The lowest BCUT2D eigenvalue weighted by Gasteiger charge is -2.52. The first-order valence-electron chi connectivity index (χ1n) is 12.4. The number of aliphatic hydroxyl groups excluding tert-OH is 2. The molecule has 10 atom stereocenters. The van der Waals surface area contributed by atoms with Gasteiger partial charge in [-0.2, -0.15) is 0 Å². The molecule has 0 heterocycles. The number of fused-ring (bicyclic) bond motifs is 2. The van der Waals surface area contributed by atoms with Gasteiger partial charge in [0.1, 0.15) is 11.7 Å². The fourth-order valence-corrected chi connectivity index (χ4v) is 8.49. The molecule has 0 aromatic heterocycles. The Morgan fingerprint density at radius 2 is 1.66 bits per heavy atom. The second-order valence-electron chi connectivity index (χ2n) is 12.3. The molecule has 7 nitrogen and oxygen atoms in total. The summed E-state index contributed by atoms with van der Waals surface area (Å²) in [5.74, 6) is -1.72. The molecule has 4 fully saturated rings. The summed E-state index contributed by atoms with van der Waals surface area (Å²) in [6.45, 7) is 8.94. The van der Waals surface area contributed by atoms with Crippen molar-refractivity contribution < 1.29 is 35.1 Å². The van der Waals surface area contributed by atoms with Crippen molar-refractivity contribution in [3.05, 3.63) is 0 Å². The van der Waals surface area contributed by atoms with E-state index in [9.17, 15) is 30.3 Å². The van der Waals surface area contributed by atoms with Crippen molar-refractivity contribution in [3.63, 3.8) is 0 Å². The summed E-state index contributed by atoms with van der Waals surface area (Å²) in [4.78, 5) is 12.7. The molecule has 0 amide bonds. The molecule has 5 N–H and O–H groups in total. The summed E-state index contributed by atoms with van der Waals surface area (Å²) in [5.41, 5.74) is -6.10. The number of esters is 1. The number of aliphatic hydroxyl groups is 5. The van der Waals surface area contributed by atoms with Crippen molar-refractivity contribution >= 4 is 5.97 Å². The molecule has 4 rings (SSSR count). The van der Waals surface area contributed by atoms with Crippen molar-refractivity contribution in [1.82, 2.24) is 0 Å². The number of rotatable bonds is 4. The molecule has 0 saturated heterocycles. The predicted octanol–water partition coefficient (Wildman–Crippen LogP) is 1.91. The maximum Gasteiger partial charge on any atom is 0.306 e. The van der Waals surface area contributed by atoms with Crippen molar-refractivity contribution in [2.45, 2.75) is 121 Å². The number of unbranched alkanes of at least 4 members (excludes halogenated alkanes) is 1. The lowest BCUT2D eigenvalue weighted by Crippen LogP contribution is -2.60. The molecule has 4 saturated carbocycles. The normalized spacial score (nSPS) is 53.9. The Balaban J connectivity index is 1.81. The topological polar surface area (TPSA) is 127 Å². The fraction of sp³-hybridized carbons (Fsp3) is 0.960. The number of hydrogen-bond acceptors (Lipinski definition) is 7. The van der Waals surface area contributed by atoms with Gasteiger partial charge in [-0.1, -0.05) is 27.2 Å². The van der Waals surface area contributed by atoms with Gasteiger partial charge in [0, 0.05) is 29.1 Å². The highest BCUT2D eigenvalue weighted by Gasteiger charge is 2.77. The van der Waals surface area contributed by atoms with E-state index in [0.717, 1.165) is 12.8 Å². The van der Waals surface area contributed by atoms with E-state index in [1.807, 2.05) is 6.92 Å². The van der Waals surface area contributed by atoms with Gasteiger partial charge in [0.2, 0.25) is 0 Å². The maximum absolute atomic E-state index is 12.7. The van der Waals surface area contributed by atoms with Gasteiger partial charge >= 0.3 is 5.97 Å². The number of hydrogen-bond donors (Lipinski definition) is 5. The Kier molecular flexibility index (Phi) is 5.63. The Morgan fingerprint density at radius 1 is 1.00 bits per heavy atom. The Bertz CT molecular complexity index is 761. The van der Waals surface area contributed by atoms with E-state index >= 15 is 0 Å². The van der Waals surface area contributed by atoms with E-state index in [1.54, 1.807) is 27.7 Å². The predicted molar refractivity (Wildman–Crippen MR) is 117 cm³/mol. The van der Waals surface area contributed by atoms with Gasteiger partial charge in [0.25, 0.3) is 0 Å². The molecule has 0 aromatic carbocycles. The smallest absolute Gasteiger partial charge is 0.306 e. The van der Waals surface area contributed by atoms with Crippen LogP contribution in [0.5, 0.6) is 0 Å². The maximum atomic E-state index is 12.7. The Labute approximate surface area is 191 Å². The summed E-state index contributed by atoms with van der Waals surface area (Å²) < 4.78 is 6.05. The van der Waals surface area contributed by atoms with Crippen LogP contribution in [0.15, 0.2) is 0 Å². The van der Waals surface area contributed by atoms with Crippen molar-refractivity contribution in [2.75, 3.05) is 0 Å². The highest BCUT2D eigenvalue weighted by atomic mass is 16.5. The van der Waals surface area contributed by atoms with Crippen molar-refractivity contribution in [3.8, 4) is 0 Å². The van der Waals surface area contributed by atoms with Crippen LogP contribution in [0.4, 0.5) is 0 Å². The van der Waals surface area contributed by atoms with Gasteiger partial charge in [0.15, 0.2) is 0 Å². The van der Waals surface area contributed by atoms with Crippen LogP contribution in [0.2, 0.25) is 0 Å². The molecule has 184 valence electrons. The molecule has 0 radical (unpaired) electrons. The van der Waals surface area contributed by atoms with E-state index in [0.29, 0.717) is 25.7 Å². The molecule has 4 aliphatic rings. The zero-order valence-electron chi connectivity index (χ0n) is 20.2. The first kappa shape index (κ1) is 24.4. The quantitative estimate of drug-likeness (QED) is 0.411. The van der Waals surface area contributed by atoms with Gasteiger partial charge in [0.05, 0.1) is 23.4 Å². The SMILES string of the molecule is CCCCC(=O)OC1[C@@H]2CC[C@@H]3C1(C[C@@H](O)[C@@]1(O)[C@@H](C[C@H](O)C1(C)C)[C@]3(C)O)C[C@@]2(C)O. The van der Waals surface area contributed by atoms with Crippen LogP contribution in [0.1, 0.15) is 86.0 Å². The van der Waals surface area contributed by atoms with Crippen LogP contribution in [0.25, 0.3) is 0 Å². The summed E-state index contributed by atoms with van der Waals surface area (Å²) in [6.07, 6.45) is 0.937. The summed E-state index contributed by atoms with van der Waals surface area (Å²) >= 11 is 0. The van der Waals surface area contributed by atoms with Crippen LogP contribution in [0, 0.1) is 28.6 Å². The Morgan fingerprint density at radius 3 is 2.28 bits per heavy atom. The van der Waals surface area contributed by atoms with Crippen molar-refractivity contribution in [1.29, 1.82) is 0 Å². The van der Waals surface area contributed by atoms with Crippen LogP contribution in [-0.2, 0) is 9.53 Å². The lowest BCUT2D eigenvalue weighted by molar-refractivity contribution is -0.202. The van der Waals surface area contributed by atoms with Gasteiger partial charge < -0.3 is 30.3 Å². The molecule has 2 unspecified atom stereocenters. The van der Waals surface area contributed by atoms with Gasteiger partial charge in [-0.05, 0) is 58.3 Å². The molecule has 32 heavy (non-hydrogen) atoms. The third kappa shape index (κ3) is 3.00. The highest BCUT2D eigenvalue weighted by Crippen LogP contribution is 2.70. The minimum atomic E-state index is -1.71. The first-order chi connectivity index (χ1) is 14.7. The molecular formula is C25H42O7. The van der Waals surface area contributed by atoms with Crippen LogP contribution in [0.3, 0.4) is 0 Å². The second kappa shape index (κ2) is 7.38. The van der Waals surface area contributed by atoms with E-state index in [-0.39, 0.29) is 30.6 Å². The molecular weight excluding hydrogens is 412 g/mol. The fourth-order valence-electron chi connectivity index (χ4n) is 8.49. The summed E-state index contributed by atoms with van der Waals surface area (Å²) in [7, 11) is 0. The van der Waals surface area contributed by atoms with E-state index in [4.69, 9.17) is 4.74 Å². The van der Waals surface area contributed by atoms with Crippen LogP contribution in [-0.4, -0.2) is 66.6 Å². The summed E-state index contributed by atoms with van der Waals surface area (Å²) in [5, 5.41) is 57.6. The molecule has 0 aliphatic heterocycles. The monoisotopic (exact) mass is 454 g/mol. The largest absolute Gasteiger partial charge is 0.461 e. The highest BCUT2D eigenvalue weighted by molar-refractivity contribution is 5.69. The van der Waals surface area contributed by atoms with Crippen molar-refractivity contribution in [2.24, 2.45) is 28.6 Å². The first-order valence-corrected chi connectivity index (χ1v) is 12.4. The van der Waals surface area contributed by atoms with Gasteiger partial charge in [-0.15, -0.1) is 0 Å². The number of carbonyl (C=O) groups excluding carboxylic acids is 1. The standard InChI is InChI=1S/C25H42O7/c1-6-7-8-19(28)32-20-14-9-10-15-23(5,30)16-11-17(26)21(2,3)25(16,31)18(27)12-24(15,20)13-22(14,4)29/h14-18,20,26-27,29-31H,6-13H2,1-5H3/t14-,15-,16-,17-,18+,20?,22+,23+,24?,25-/m0/s1. The summed E-state index contributed by atoms with van der Waals surface area (Å²) in [6, 6.07) is 0. The average Bonchev–Trinajstić information content (AvgIpc) is 2.91. The van der Waals surface area contributed by atoms with E-state index < -0.39 is 51.9 Å². The lowest BCUT2D eigenvalue weighted by atomic mass is 9.57. The molecule has 1 spiro atoms. The minimum absolute atomic E-state index is 0.106. The zero-order valence-corrected chi connectivity index (χ0v) is 20.2. The third-order valence-corrected chi connectivity index (χ3v) is 10.2. The van der Waals surface area contributed by atoms with Gasteiger partial charge in [-0.3, -0.25) is 4.79 Å².